The van der Waals surface area contributed by atoms with Crippen LogP contribution in [0, 0.1) is 0 Å². The Bertz CT molecular complexity index is 1110. The van der Waals surface area contributed by atoms with Crippen molar-refractivity contribution in [1.82, 2.24) is 25.1 Å². The maximum Gasteiger partial charge on any atom is 0.263 e. The second-order valence-electron chi connectivity index (χ2n) is 5.31. The van der Waals surface area contributed by atoms with E-state index in [1.54, 1.807) is 36.7 Å². The lowest BCUT2D eigenvalue weighted by molar-refractivity contribution is 0.398. The minimum Gasteiger partial charge on any atom is -0.480 e. The second kappa shape index (κ2) is 6.60. The van der Waals surface area contributed by atoms with Crippen LogP contribution in [0.25, 0.3) is 34.2 Å². The van der Waals surface area contributed by atoms with Gasteiger partial charge < -0.3 is 14.2 Å². The van der Waals surface area contributed by atoms with Gasteiger partial charge in [0.2, 0.25) is 11.7 Å². The number of aromatic nitrogens is 5. The smallest absolute Gasteiger partial charge is 0.263 e. The van der Waals surface area contributed by atoms with Crippen molar-refractivity contribution < 1.29 is 9.26 Å². The third kappa shape index (κ3) is 2.84. The van der Waals surface area contributed by atoms with Crippen LogP contribution < -0.4 is 10.3 Å². The summed E-state index contributed by atoms with van der Waals surface area (Å²) in [5.74, 6) is 0.775. The van der Waals surface area contributed by atoms with Crippen LogP contribution in [0.4, 0.5) is 0 Å². The Labute approximate surface area is 147 Å². The van der Waals surface area contributed by atoms with Gasteiger partial charge in [-0.15, -0.1) is 0 Å². The van der Waals surface area contributed by atoms with E-state index in [-0.39, 0.29) is 22.8 Å². The molecule has 26 heavy (non-hydrogen) atoms. The number of hydrogen-bond donors (Lipinski definition) is 1. The zero-order valence-electron chi connectivity index (χ0n) is 13.7. The zero-order chi connectivity index (χ0) is 17.9. The standard InChI is InChI=1S/C18H13N5O3/c1-25-17-11(5-4-10-20-17)15-22-18(26-23-15)12-7-8-14(21-16(12)24)13-6-2-3-9-19-13/h2-10H,1H3,(H,21,24). The molecule has 4 rings (SSSR count). The van der Waals surface area contributed by atoms with Crippen LogP contribution in [0.1, 0.15) is 0 Å². The van der Waals surface area contributed by atoms with E-state index in [1.807, 2.05) is 18.2 Å². The van der Waals surface area contributed by atoms with Gasteiger partial charge in [-0.25, -0.2) is 4.98 Å². The summed E-state index contributed by atoms with van der Waals surface area (Å²) >= 11 is 0. The molecule has 128 valence electrons. The molecule has 0 bridgehead atoms. The van der Waals surface area contributed by atoms with Gasteiger partial charge in [-0.1, -0.05) is 11.2 Å². The summed E-state index contributed by atoms with van der Waals surface area (Å²) in [6.07, 6.45) is 3.26. The molecule has 0 unspecified atom stereocenters. The summed E-state index contributed by atoms with van der Waals surface area (Å²) in [4.78, 5) is 27.8. The van der Waals surface area contributed by atoms with Gasteiger partial charge >= 0.3 is 0 Å². The van der Waals surface area contributed by atoms with Gasteiger partial charge in [-0.05, 0) is 36.4 Å². The van der Waals surface area contributed by atoms with Crippen molar-refractivity contribution in [2.24, 2.45) is 0 Å². The summed E-state index contributed by atoms with van der Waals surface area (Å²) in [5, 5.41) is 3.92. The Morgan fingerprint density at radius 3 is 2.65 bits per heavy atom. The van der Waals surface area contributed by atoms with Gasteiger partial charge in [-0.3, -0.25) is 9.78 Å². The Hall–Kier alpha value is -3.81. The molecule has 1 N–H and O–H groups in total. The van der Waals surface area contributed by atoms with Gasteiger partial charge in [-0.2, -0.15) is 4.98 Å². The van der Waals surface area contributed by atoms with Crippen molar-refractivity contribution in [2.75, 3.05) is 7.11 Å². The lowest BCUT2D eigenvalue weighted by Gasteiger charge is -2.02. The first-order valence-electron chi connectivity index (χ1n) is 7.74. The van der Waals surface area contributed by atoms with Crippen molar-refractivity contribution in [3.63, 3.8) is 0 Å². The summed E-state index contributed by atoms with van der Waals surface area (Å²) in [6.45, 7) is 0. The molecule has 0 spiro atoms. The predicted octanol–water partition coefficient (Wildman–Crippen LogP) is 2.56. The second-order valence-corrected chi connectivity index (χ2v) is 5.31. The molecular formula is C18H13N5O3. The molecule has 4 heterocycles. The van der Waals surface area contributed by atoms with Gasteiger partial charge in [0.1, 0.15) is 5.56 Å². The fourth-order valence-corrected chi connectivity index (χ4v) is 2.48. The highest BCUT2D eigenvalue weighted by Gasteiger charge is 2.17. The van der Waals surface area contributed by atoms with Gasteiger partial charge in [0.15, 0.2) is 0 Å². The summed E-state index contributed by atoms with van der Waals surface area (Å²) in [5.41, 5.74) is 1.77. The van der Waals surface area contributed by atoms with E-state index in [0.29, 0.717) is 22.8 Å². The molecule has 0 radical (unpaired) electrons. The van der Waals surface area contributed by atoms with Crippen LogP contribution >= 0.6 is 0 Å². The van der Waals surface area contributed by atoms with E-state index in [2.05, 4.69) is 25.1 Å². The monoisotopic (exact) mass is 347 g/mol. The fraction of sp³-hybridized carbons (Fsp3) is 0.0556. The van der Waals surface area contributed by atoms with Crippen LogP contribution in [0.15, 0.2) is 64.2 Å². The highest BCUT2D eigenvalue weighted by atomic mass is 16.5. The van der Waals surface area contributed by atoms with E-state index in [4.69, 9.17) is 9.26 Å². The first-order chi connectivity index (χ1) is 12.8. The molecule has 0 aliphatic carbocycles. The third-order valence-electron chi connectivity index (χ3n) is 3.71. The lowest BCUT2D eigenvalue weighted by Crippen LogP contribution is -2.10. The van der Waals surface area contributed by atoms with Crippen molar-refractivity contribution in [2.45, 2.75) is 0 Å². The molecule has 8 nitrogen and oxygen atoms in total. The van der Waals surface area contributed by atoms with Crippen molar-refractivity contribution >= 4 is 0 Å². The topological polar surface area (TPSA) is 107 Å². The molecule has 8 heteroatoms. The molecule has 0 atom stereocenters. The van der Waals surface area contributed by atoms with Crippen LogP contribution in [-0.2, 0) is 0 Å². The van der Waals surface area contributed by atoms with E-state index in [0.717, 1.165) is 0 Å². The maximum absolute atomic E-state index is 12.4. The lowest BCUT2D eigenvalue weighted by atomic mass is 10.2. The number of hydrogen-bond acceptors (Lipinski definition) is 7. The highest BCUT2D eigenvalue weighted by Crippen LogP contribution is 2.26. The molecule has 0 aliphatic rings. The first-order valence-corrected chi connectivity index (χ1v) is 7.74. The quantitative estimate of drug-likeness (QED) is 0.604. The minimum absolute atomic E-state index is 0.111. The van der Waals surface area contributed by atoms with Gasteiger partial charge in [0.25, 0.3) is 11.4 Å². The molecule has 4 aromatic heterocycles. The molecule has 0 saturated carbocycles. The summed E-state index contributed by atoms with van der Waals surface area (Å²) in [6, 6.07) is 12.3. The molecular weight excluding hydrogens is 334 g/mol. The number of rotatable bonds is 4. The average Bonchev–Trinajstić information content (AvgIpc) is 3.18. The Morgan fingerprint density at radius 2 is 1.88 bits per heavy atom. The molecule has 0 amide bonds. The summed E-state index contributed by atoms with van der Waals surface area (Å²) in [7, 11) is 1.51. The van der Waals surface area contributed by atoms with E-state index < -0.39 is 0 Å². The molecule has 0 aromatic carbocycles. The van der Waals surface area contributed by atoms with Gasteiger partial charge in [0, 0.05) is 12.4 Å². The predicted molar refractivity (Wildman–Crippen MR) is 93.4 cm³/mol. The summed E-state index contributed by atoms with van der Waals surface area (Å²) < 4.78 is 10.4. The van der Waals surface area contributed by atoms with E-state index >= 15 is 0 Å². The number of nitrogens with zero attached hydrogens (tertiary/aromatic N) is 4. The fourth-order valence-electron chi connectivity index (χ4n) is 2.48. The van der Waals surface area contributed by atoms with Crippen LogP contribution in [0.3, 0.4) is 0 Å². The van der Waals surface area contributed by atoms with Crippen LogP contribution in [-0.4, -0.2) is 32.2 Å². The first kappa shape index (κ1) is 15.7. The molecule has 4 aromatic rings. The Morgan fingerprint density at radius 1 is 1.00 bits per heavy atom. The van der Waals surface area contributed by atoms with Crippen molar-refractivity contribution in [3.05, 3.63) is 65.2 Å². The molecule has 0 aliphatic heterocycles. The number of methoxy groups -OCH3 is 1. The number of ether oxygens (including phenoxy) is 1. The number of H-pyrrole nitrogens is 1. The van der Waals surface area contributed by atoms with E-state index in [1.165, 1.54) is 7.11 Å². The molecule has 0 fully saturated rings. The largest absolute Gasteiger partial charge is 0.480 e. The normalized spacial score (nSPS) is 10.7. The number of pyridine rings is 3. The van der Waals surface area contributed by atoms with E-state index in [9.17, 15) is 4.79 Å². The Balaban J connectivity index is 1.71. The van der Waals surface area contributed by atoms with Crippen molar-refractivity contribution in [1.29, 1.82) is 0 Å². The van der Waals surface area contributed by atoms with Gasteiger partial charge in [0.05, 0.1) is 24.1 Å². The number of aromatic amines is 1. The van der Waals surface area contributed by atoms with Crippen molar-refractivity contribution in [3.8, 4) is 40.1 Å². The average molecular weight is 347 g/mol. The van der Waals surface area contributed by atoms with Crippen LogP contribution in [0.5, 0.6) is 5.88 Å². The highest BCUT2D eigenvalue weighted by molar-refractivity contribution is 5.64. The number of nitrogens with one attached hydrogen (secondary N) is 1. The third-order valence-corrected chi connectivity index (χ3v) is 3.71. The Kier molecular flexibility index (Phi) is 3.98. The maximum atomic E-state index is 12.4. The zero-order valence-corrected chi connectivity index (χ0v) is 13.7. The molecule has 0 saturated heterocycles. The van der Waals surface area contributed by atoms with Crippen LogP contribution in [0.2, 0.25) is 0 Å². The minimum atomic E-state index is -0.346. The SMILES string of the molecule is COc1ncccc1-c1noc(-c2ccc(-c3ccccn3)[nH]c2=O)n1.